The summed E-state index contributed by atoms with van der Waals surface area (Å²) in [5.41, 5.74) is 1.15. The lowest BCUT2D eigenvalue weighted by molar-refractivity contribution is -0.121. The molecule has 0 atom stereocenters. The van der Waals surface area contributed by atoms with Gasteiger partial charge in [0, 0.05) is 39.1 Å². The second-order valence-electron chi connectivity index (χ2n) is 4.96. The van der Waals surface area contributed by atoms with Gasteiger partial charge in [-0.05, 0) is 18.5 Å². The molecule has 1 aliphatic rings. The highest BCUT2D eigenvalue weighted by atomic mass is 16.1. The Balaban J connectivity index is 1.57. The number of hydrogen-bond acceptors (Lipinski definition) is 3. The summed E-state index contributed by atoms with van der Waals surface area (Å²) in [5.74, 6) is 0.152. The van der Waals surface area contributed by atoms with Crippen LogP contribution in [0, 0.1) is 0 Å². The van der Waals surface area contributed by atoms with Crippen molar-refractivity contribution in [1.82, 2.24) is 15.5 Å². The minimum atomic E-state index is 0.152. The smallest absolute Gasteiger partial charge is 0.220 e. The van der Waals surface area contributed by atoms with Crippen LogP contribution in [-0.4, -0.2) is 43.5 Å². The molecule has 0 spiro atoms. The van der Waals surface area contributed by atoms with Crippen molar-refractivity contribution in [1.29, 1.82) is 0 Å². The summed E-state index contributed by atoms with van der Waals surface area (Å²) < 4.78 is 0. The van der Waals surface area contributed by atoms with Crippen molar-refractivity contribution in [3.8, 4) is 0 Å². The van der Waals surface area contributed by atoms with E-state index in [2.05, 4.69) is 15.5 Å². The Morgan fingerprint density at radius 3 is 2.68 bits per heavy atom. The van der Waals surface area contributed by atoms with E-state index in [-0.39, 0.29) is 5.91 Å². The fourth-order valence-electron chi connectivity index (χ4n) is 2.28. The molecule has 0 radical (unpaired) electrons. The molecule has 1 aromatic rings. The van der Waals surface area contributed by atoms with Gasteiger partial charge in [-0.3, -0.25) is 4.79 Å². The van der Waals surface area contributed by atoms with Crippen LogP contribution in [0.4, 0.5) is 0 Å². The lowest BCUT2D eigenvalue weighted by atomic mass is 10.2. The van der Waals surface area contributed by atoms with Gasteiger partial charge in [-0.2, -0.15) is 0 Å². The van der Waals surface area contributed by atoms with Crippen LogP contribution < -0.4 is 10.6 Å². The summed E-state index contributed by atoms with van der Waals surface area (Å²) in [6.45, 7) is 6.01. The van der Waals surface area contributed by atoms with Crippen LogP contribution in [-0.2, 0) is 11.3 Å². The second-order valence-corrected chi connectivity index (χ2v) is 4.96. The normalized spacial score (nSPS) is 16.2. The van der Waals surface area contributed by atoms with Crippen molar-refractivity contribution in [3.05, 3.63) is 35.9 Å². The molecule has 1 aliphatic heterocycles. The molecule has 104 valence electrons. The number of carbonyl (C=O) groups is 1. The number of hydrogen-bond donors (Lipinski definition) is 2. The van der Waals surface area contributed by atoms with Gasteiger partial charge in [0.25, 0.3) is 0 Å². The van der Waals surface area contributed by atoms with Crippen molar-refractivity contribution in [2.45, 2.75) is 19.4 Å². The van der Waals surface area contributed by atoms with Gasteiger partial charge in [-0.1, -0.05) is 30.3 Å². The first-order valence-corrected chi connectivity index (χ1v) is 7.08. The summed E-state index contributed by atoms with van der Waals surface area (Å²) in [6, 6.07) is 10.0. The Hall–Kier alpha value is -1.39. The summed E-state index contributed by atoms with van der Waals surface area (Å²) in [6.07, 6.45) is 1.57. The van der Waals surface area contributed by atoms with Crippen LogP contribution in [0.1, 0.15) is 18.4 Å². The Kier molecular flexibility index (Phi) is 5.85. The molecular formula is C15H23N3O. The Morgan fingerprint density at radius 1 is 1.21 bits per heavy atom. The minimum absolute atomic E-state index is 0.152. The maximum atomic E-state index is 11.7. The molecule has 0 aromatic heterocycles. The highest BCUT2D eigenvalue weighted by molar-refractivity contribution is 5.75. The summed E-state index contributed by atoms with van der Waals surface area (Å²) >= 11 is 0. The highest BCUT2D eigenvalue weighted by Crippen LogP contribution is 2.00. The number of amides is 1. The van der Waals surface area contributed by atoms with Gasteiger partial charge in [0.15, 0.2) is 0 Å². The Labute approximate surface area is 115 Å². The van der Waals surface area contributed by atoms with Crippen LogP contribution in [0.25, 0.3) is 0 Å². The first kappa shape index (κ1) is 14.0. The van der Waals surface area contributed by atoms with E-state index >= 15 is 0 Å². The largest absolute Gasteiger partial charge is 0.352 e. The fraction of sp³-hybridized carbons (Fsp3) is 0.533. The lowest BCUT2D eigenvalue weighted by Gasteiger charge is -2.26. The van der Waals surface area contributed by atoms with Crippen LogP contribution in [0.3, 0.4) is 0 Å². The molecule has 4 nitrogen and oxygen atoms in total. The summed E-state index contributed by atoms with van der Waals surface area (Å²) in [5, 5.41) is 6.30. The van der Waals surface area contributed by atoms with Gasteiger partial charge in [0.1, 0.15) is 0 Å². The Morgan fingerprint density at radius 2 is 1.95 bits per heavy atom. The first-order valence-electron chi connectivity index (χ1n) is 7.08. The third-order valence-corrected chi connectivity index (χ3v) is 3.42. The zero-order valence-corrected chi connectivity index (χ0v) is 11.4. The SMILES string of the molecule is O=C(CCCN1CCNCC1)NCc1ccccc1. The van der Waals surface area contributed by atoms with Crippen molar-refractivity contribution in [2.75, 3.05) is 32.7 Å². The molecule has 0 bridgehead atoms. The van der Waals surface area contributed by atoms with Gasteiger partial charge in [-0.25, -0.2) is 0 Å². The molecule has 4 heteroatoms. The van der Waals surface area contributed by atoms with E-state index in [1.54, 1.807) is 0 Å². The molecule has 2 rings (SSSR count). The Bertz CT molecular complexity index is 374. The highest BCUT2D eigenvalue weighted by Gasteiger charge is 2.09. The fourth-order valence-corrected chi connectivity index (χ4v) is 2.28. The molecule has 0 aliphatic carbocycles. The van der Waals surface area contributed by atoms with Crippen molar-refractivity contribution >= 4 is 5.91 Å². The predicted molar refractivity (Wildman–Crippen MR) is 76.8 cm³/mol. The molecule has 1 aromatic carbocycles. The van der Waals surface area contributed by atoms with E-state index in [1.165, 1.54) is 0 Å². The third-order valence-electron chi connectivity index (χ3n) is 3.42. The number of rotatable bonds is 6. The maximum absolute atomic E-state index is 11.7. The van der Waals surface area contributed by atoms with Crippen molar-refractivity contribution in [2.24, 2.45) is 0 Å². The molecule has 19 heavy (non-hydrogen) atoms. The molecule has 2 N–H and O–H groups in total. The monoisotopic (exact) mass is 261 g/mol. The lowest BCUT2D eigenvalue weighted by Crippen LogP contribution is -2.43. The van der Waals surface area contributed by atoms with E-state index < -0.39 is 0 Å². The van der Waals surface area contributed by atoms with Crippen molar-refractivity contribution < 1.29 is 4.79 Å². The van der Waals surface area contributed by atoms with Crippen LogP contribution >= 0.6 is 0 Å². The zero-order chi connectivity index (χ0) is 13.3. The second kappa shape index (κ2) is 7.92. The van der Waals surface area contributed by atoms with Crippen LogP contribution in [0.5, 0.6) is 0 Å². The summed E-state index contributed by atoms with van der Waals surface area (Å²) in [7, 11) is 0. The molecule has 1 saturated heterocycles. The first-order chi connectivity index (χ1) is 9.34. The number of carbonyl (C=O) groups excluding carboxylic acids is 1. The average Bonchev–Trinajstić information content (AvgIpc) is 2.47. The number of nitrogens with one attached hydrogen (secondary N) is 2. The number of piperazine rings is 1. The zero-order valence-electron chi connectivity index (χ0n) is 11.4. The molecule has 1 amide bonds. The van der Waals surface area contributed by atoms with E-state index in [9.17, 15) is 4.79 Å². The van der Waals surface area contributed by atoms with Crippen LogP contribution in [0.15, 0.2) is 30.3 Å². The third kappa shape index (κ3) is 5.41. The maximum Gasteiger partial charge on any atom is 0.220 e. The van der Waals surface area contributed by atoms with E-state index in [1.807, 2.05) is 30.3 Å². The predicted octanol–water partition coefficient (Wildman–Crippen LogP) is 0.988. The van der Waals surface area contributed by atoms with Gasteiger partial charge < -0.3 is 15.5 Å². The number of benzene rings is 1. The van der Waals surface area contributed by atoms with Crippen LogP contribution in [0.2, 0.25) is 0 Å². The minimum Gasteiger partial charge on any atom is -0.352 e. The van der Waals surface area contributed by atoms with E-state index in [4.69, 9.17) is 0 Å². The van der Waals surface area contributed by atoms with E-state index in [0.29, 0.717) is 13.0 Å². The van der Waals surface area contributed by atoms with Gasteiger partial charge in [0.2, 0.25) is 5.91 Å². The molecular weight excluding hydrogens is 238 g/mol. The van der Waals surface area contributed by atoms with Gasteiger partial charge in [0.05, 0.1) is 0 Å². The van der Waals surface area contributed by atoms with Gasteiger partial charge in [-0.15, -0.1) is 0 Å². The number of nitrogens with zero attached hydrogens (tertiary/aromatic N) is 1. The molecule has 0 unspecified atom stereocenters. The quantitative estimate of drug-likeness (QED) is 0.802. The molecule has 1 heterocycles. The summed E-state index contributed by atoms with van der Waals surface area (Å²) in [4.78, 5) is 14.1. The van der Waals surface area contributed by atoms with Crippen molar-refractivity contribution in [3.63, 3.8) is 0 Å². The topological polar surface area (TPSA) is 44.4 Å². The average molecular weight is 261 g/mol. The molecule has 1 fully saturated rings. The van der Waals surface area contributed by atoms with Gasteiger partial charge >= 0.3 is 0 Å². The van der Waals surface area contributed by atoms with E-state index in [0.717, 1.165) is 44.7 Å². The standard InChI is InChI=1S/C15H23N3O/c19-15(17-13-14-5-2-1-3-6-14)7-4-10-18-11-8-16-9-12-18/h1-3,5-6,16H,4,7-13H2,(H,17,19). The molecule has 0 saturated carbocycles.